The fourth-order valence-corrected chi connectivity index (χ4v) is 1.92. The third-order valence-corrected chi connectivity index (χ3v) is 2.89. The predicted molar refractivity (Wildman–Crippen MR) is 60.4 cm³/mol. The van der Waals surface area contributed by atoms with Crippen LogP contribution in [0, 0.1) is 18.6 Å². The van der Waals surface area contributed by atoms with Crippen LogP contribution in [-0.2, 0) is 0 Å². The van der Waals surface area contributed by atoms with E-state index in [1.807, 2.05) is 0 Å². The average molecular weight is 270 g/mol. The molecule has 0 N–H and O–H groups in total. The monoisotopic (exact) mass is 270 g/mol. The van der Waals surface area contributed by atoms with Crippen LogP contribution in [0.2, 0.25) is 0 Å². The van der Waals surface area contributed by atoms with E-state index >= 15 is 0 Å². The van der Waals surface area contributed by atoms with Gasteiger partial charge in [-0.2, -0.15) is 0 Å². The zero-order valence-electron chi connectivity index (χ0n) is 9.31. The summed E-state index contributed by atoms with van der Waals surface area (Å²) < 4.78 is 30.7. The molecule has 0 saturated carbocycles. The van der Waals surface area contributed by atoms with Crippen molar-refractivity contribution in [2.24, 2.45) is 0 Å². The van der Waals surface area contributed by atoms with Crippen molar-refractivity contribution in [2.45, 2.75) is 12.1 Å². The first kappa shape index (κ1) is 12.7. The number of carbonyl (C=O) groups is 1. The molecule has 0 aliphatic heterocycles. The van der Waals surface area contributed by atoms with Crippen LogP contribution in [0.3, 0.4) is 0 Å². The van der Waals surface area contributed by atoms with Gasteiger partial charge in [-0.05, 0) is 18.2 Å². The molecule has 0 aliphatic carbocycles. The Kier molecular flexibility index (Phi) is 3.71. The largest absolute Gasteiger partial charge is 0.416 e. The molecule has 1 heterocycles. The highest BCUT2D eigenvalue weighted by Crippen LogP contribution is 2.18. The number of halogens is 2. The molecule has 2 aromatic rings. The van der Waals surface area contributed by atoms with E-state index in [4.69, 9.17) is 4.42 Å². The number of hydrogen-bond acceptors (Lipinski definition) is 5. The van der Waals surface area contributed by atoms with Gasteiger partial charge in [0.05, 0.1) is 5.75 Å². The van der Waals surface area contributed by atoms with Crippen LogP contribution in [-0.4, -0.2) is 21.7 Å². The SMILES string of the molecule is Cc1nnc(SCC(=O)c2ccc(F)c(F)c2)o1. The van der Waals surface area contributed by atoms with Crippen LogP contribution in [0.25, 0.3) is 0 Å². The third kappa shape index (κ3) is 2.92. The van der Waals surface area contributed by atoms with Crippen LogP contribution >= 0.6 is 11.8 Å². The van der Waals surface area contributed by atoms with Crippen LogP contribution in [0.5, 0.6) is 0 Å². The summed E-state index contributed by atoms with van der Waals surface area (Å²) in [7, 11) is 0. The van der Waals surface area contributed by atoms with E-state index in [1.165, 1.54) is 6.07 Å². The molecule has 0 bridgehead atoms. The zero-order chi connectivity index (χ0) is 13.1. The number of hydrogen-bond donors (Lipinski definition) is 0. The predicted octanol–water partition coefficient (Wildman–Crippen LogP) is 2.63. The lowest BCUT2D eigenvalue weighted by molar-refractivity contribution is 0.102. The van der Waals surface area contributed by atoms with Crippen molar-refractivity contribution < 1.29 is 18.0 Å². The van der Waals surface area contributed by atoms with Crippen molar-refractivity contribution in [3.8, 4) is 0 Å². The smallest absolute Gasteiger partial charge is 0.277 e. The maximum atomic E-state index is 12.9. The van der Waals surface area contributed by atoms with Crippen molar-refractivity contribution >= 4 is 17.5 Å². The van der Waals surface area contributed by atoms with Gasteiger partial charge < -0.3 is 4.42 Å². The van der Waals surface area contributed by atoms with Gasteiger partial charge in [-0.15, -0.1) is 10.2 Å². The Bertz CT molecular complexity index is 586. The van der Waals surface area contributed by atoms with Crippen LogP contribution in [0.1, 0.15) is 16.2 Å². The molecule has 0 aliphatic rings. The molecule has 4 nitrogen and oxygen atoms in total. The molecule has 1 aromatic heterocycles. The van der Waals surface area contributed by atoms with Crippen LogP contribution in [0.4, 0.5) is 8.78 Å². The zero-order valence-corrected chi connectivity index (χ0v) is 10.1. The molecule has 0 unspecified atom stereocenters. The lowest BCUT2D eigenvalue weighted by atomic mass is 10.1. The van der Waals surface area contributed by atoms with Crippen LogP contribution < -0.4 is 0 Å². The fourth-order valence-electron chi connectivity index (χ4n) is 1.22. The normalized spacial score (nSPS) is 10.6. The molecular formula is C11H8F2N2O2S. The topological polar surface area (TPSA) is 56.0 Å². The van der Waals surface area contributed by atoms with Crippen molar-refractivity contribution in [3.63, 3.8) is 0 Å². The Morgan fingerprint density at radius 3 is 2.72 bits per heavy atom. The molecule has 0 radical (unpaired) electrons. The molecule has 2 rings (SSSR count). The van der Waals surface area contributed by atoms with Crippen molar-refractivity contribution in [1.29, 1.82) is 0 Å². The minimum Gasteiger partial charge on any atom is -0.416 e. The van der Waals surface area contributed by atoms with E-state index in [-0.39, 0.29) is 22.3 Å². The Morgan fingerprint density at radius 1 is 1.33 bits per heavy atom. The number of rotatable bonds is 4. The maximum absolute atomic E-state index is 12.9. The molecule has 7 heteroatoms. The summed E-state index contributed by atoms with van der Waals surface area (Å²) in [5, 5.41) is 7.57. The molecule has 0 spiro atoms. The lowest BCUT2D eigenvalue weighted by Gasteiger charge is -1.99. The second kappa shape index (κ2) is 5.26. The third-order valence-electron chi connectivity index (χ3n) is 2.08. The minimum absolute atomic E-state index is 0.0205. The van der Waals surface area contributed by atoms with Gasteiger partial charge in [0.25, 0.3) is 5.22 Å². The highest BCUT2D eigenvalue weighted by molar-refractivity contribution is 7.99. The van der Waals surface area contributed by atoms with Gasteiger partial charge in [-0.25, -0.2) is 8.78 Å². The molecule has 1 aromatic carbocycles. The summed E-state index contributed by atoms with van der Waals surface area (Å²) >= 11 is 1.05. The van der Waals surface area contributed by atoms with Gasteiger partial charge in [0.15, 0.2) is 17.4 Å². The molecule has 18 heavy (non-hydrogen) atoms. The summed E-state index contributed by atoms with van der Waals surface area (Å²) in [4.78, 5) is 11.7. The first-order valence-electron chi connectivity index (χ1n) is 4.97. The van der Waals surface area contributed by atoms with E-state index in [0.29, 0.717) is 5.89 Å². The van der Waals surface area contributed by atoms with E-state index < -0.39 is 11.6 Å². The Balaban J connectivity index is 2.01. The summed E-state index contributed by atoms with van der Waals surface area (Å²) in [5.74, 6) is -1.94. The van der Waals surface area contributed by atoms with Gasteiger partial charge in [-0.3, -0.25) is 4.79 Å². The van der Waals surface area contributed by atoms with Gasteiger partial charge in [0.2, 0.25) is 5.89 Å². The number of aromatic nitrogens is 2. The average Bonchev–Trinajstić information content (AvgIpc) is 2.75. The van der Waals surface area contributed by atoms with Gasteiger partial charge >= 0.3 is 0 Å². The van der Waals surface area contributed by atoms with Gasteiger partial charge in [0.1, 0.15) is 0 Å². The van der Waals surface area contributed by atoms with Gasteiger partial charge in [-0.1, -0.05) is 11.8 Å². The Hall–Kier alpha value is -1.76. The van der Waals surface area contributed by atoms with E-state index in [9.17, 15) is 13.6 Å². The Labute approximate surface area is 105 Å². The summed E-state index contributed by atoms with van der Waals surface area (Å²) in [6, 6.07) is 3.03. The van der Waals surface area contributed by atoms with Crippen molar-refractivity contribution in [3.05, 3.63) is 41.3 Å². The van der Waals surface area contributed by atoms with Crippen molar-refractivity contribution in [2.75, 3.05) is 5.75 Å². The first-order chi connectivity index (χ1) is 8.56. The highest BCUT2D eigenvalue weighted by Gasteiger charge is 2.12. The summed E-state index contributed by atoms with van der Waals surface area (Å²) in [5.41, 5.74) is 0.109. The molecule has 0 amide bonds. The quantitative estimate of drug-likeness (QED) is 0.631. The Morgan fingerprint density at radius 2 is 2.11 bits per heavy atom. The molecule has 94 valence electrons. The molecule has 0 saturated heterocycles. The molecular weight excluding hydrogens is 262 g/mol. The fraction of sp³-hybridized carbons (Fsp3) is 0.182. The van der Waals surface area contributed by atoms with Crippen molar-refractivity contribution in [1.82, 2.24) is 10.2 Å². The standard InChI is InChI=1S/C11H8F2N2O2S/c1-6-14-15-11(17-6)18-5-10(16)7-2-3-8(12)9(13)4-7/h2-4H,5H2,1H3. The minimum atomic E-state index is -1.04. The second-order valence-corrected chi connectivity index (χ2v) is 4.35. The summed E-state index contributed by atoms with van der Waals surface area (Å²) in [6.45, 7) is 1.63. The number of Topliss-reactive ketones (excluding diaryl/α,β-unsaturated/α-hetero) is 1. The number of thioether (sulfide) groups is 1. The number of ketones is 1. The summed E-state index contributed by atoms with van der Waals surface area (Å²) in [6.07, 6.45) is 0. The lowest BCUT2D eigenvalue weighted by Crippen LogP contribution is -2.03. The number of nitrogens with zero attached hydrogens (tertiary/aromatic N) is 2. The highest BCUT2D eigenvalue weighted by atomic mass is 32.2. The number of benzene rings is 1. The van der Waals surface area contributed by atoms with E-state index in [1.54, 1.807) is 6.92 Å². The number of aryl methyl sites for hydroxylation is 1. The molecule has 0 fully saturated rings. The first-order valence-corrected chi connectivity index (χ1v) is 5.96. The second-order valence-electron chi connectivity index (χ2n) is 3.43. The maximum Gasteiger partial charge on any atom is 0.277 e. The van der Waals surface area contributed by atoms with Gasteiger partial charge in [0, 0.05) is 12.5 Å². The van der Waals surface area contributed by atoms with E-state index in [0.717, 1.165) is 23.9 Å². The van der Waals surface area contributed by atoms with Crippen LogP contribution in [0.15, 0.2) is 27.8 Å². The van der Waals surface area contributed by atoms with E-state index in [2.05, 4.69) is 10.2 Å². The number of carbonyl (C=O) groups excluding carboxylic acids is 1. The molecule has 0 atom stereocenters.